The van der Waals surface area contributed by atoms with E-state index in [9.17, 15) is 4.79 Å². The Morgan fingerprint density at radius 3 is 2.43 bits per heavy atom. The van der Waals surface area contributed by atoms with Crippen LogP contribution in [0.25, 0.3) is 0 Å². The molecule has 0 N–H and O–H groups in total. The molecule has 1 aliphatic heterocycles. The first-order valence-corrected chi connectivity index (χ1v) is 7.11. The highest BCUT2D eigenvalue weighted by Crippen LogP contribution is 2.40. The van der Waals surface area contributed by atoms with Gasteiger partial charge in [-0.25, -0.2) is 4.79 Å². The molecule has 116 valence electrons. The van der Waals surface area contributed by atoms with Crippen molar-refractivity contribution in [2.75, 3.05) is 41.5 Å². The number of methoxy groups -OCH3 is 3. The van der Waals surface area contributed by atoms with E-state index in [-0.39, 0.29) is 12.0 Å². The summed E-state index contributed by atoms with van der Waals surface area (Å²) in [5, 5.41) is 0. The maximum atomic E-state index is 11.7. The number of hydrogen-bond donors (Lipinski definition) is 0. The summed E-state index contributed by atoms with van der Waals surface area (Å²) >= 11 is 0. The van der Waals surface area contributed by atoms with E-state index in [1.54, 1.807) is 14.2 Å². The van der Waals surface area contributed by atoms with Gasteiger partial charge in [0.15, 0.2) is 18.0 Å². The van der Waals surface area contributed by atoms with Crippen LogP contribution in [0.15, 0.2) is 12.1 Å². The average Bonchev–Trinajstić information content (AvgIpc) is 2.50. The standard InChI is InChI=1S/C16H24NO4/c1-11-13-9-15(20-4)14(19-3)8-12(13)6-7-17(11,2)10-16(18)21-5/h8-9,11H,6-7,10H2,1-5H3/q+1/t11-,17?/m1/s1. The van der Waals surface area contributed by atoms with Crippen LogP contribution >= 0.6 is 0 Å². The van der Waals surface area contributed by atoms with Crippen molar-refractivity contribution < 1.29 is 23.5 Å². The van der Waals surface area contributed by atoms with Crippen LogP contribution in [-0.4, -0.2) is 51.9 Å². The van der Waals surface area contributed by atoms with Gasteiger partial charge < -0.3 is 18.7 Å². The SMILES string of the molecule is COC(=O)C[N+]1(C)CCc2cc(OC)c(OC)cc2[C@H]1C. The van der Waals surface area contributed by atoms with Crippen LogP contribution in [-0.2, 0) is 16.0 Å². The van der Waals surface area contributed by atoms with Gasteiger partial charge in [0.1, 0.15) is 6.04 Å². The molecule has 0 radical (unpaired) electrons. The van der Waals surface area contributed by atoms with Crippen molar-refractivity contribution in [1.82, 2.24) is 0 Å². The lowest BCUT2D eigenvalue weighted by Crippen LogP contribution is -2.53. The van der Waals surface area contributed by atoms with E-state index in [4.69, 9.17) is 14.2 Å². The van der Waals surface area contributed by atoms with Gasteiger partial charge in [-0.15, -0.1) is 0 Å². The van der Waals surface area contributed by atoms with Crippen molar-refractivity contribution in [2.24, 2.45) is 0 Å². The maximum absolute atomic E-state index is 11.7. The van der Waals surface area contributed by atoms with Crippen LogP contribution in [0.2, 0.25) is 0 Å². The molecule has 0 saturated carbocycles. The van der Waals surface area contributed by atoms with Crippen LogP contribution in [0.3, 0.4) is 0 Å². The second-order valence-corrected chi connectivity index (χ2v) is 5.77. The van der Waals surface area contributed by atoms with Gasteiger partial charge in [0.25, 0.3) is 0 Å². The number of likely N-dealkylation sites (N-methyl/N-ethyl adjacent to an activating group) is 1. The monoisotopic (exact) mass is 294 g/mol. The van der Waals surface area contributed by atoms with Crippen LogP contribution in [0.4, 0.5) is 0 Å². The number of ether oxygens (including phenoxy) is 3. The van der Waals surface area contributed by atoms with Gasteiger partial charge >= 0.3 is 5.97 Å². The first kappa shape index (κ1) is 15.6. The zero-order chi connectivity index (χ0) is 15.6. The summed E-state index contributed by atoms with van der Waals surface area (Å²) in [6, 6.07) is 4.28. The van der Waals surface area contributed by atoms with Gasteiger partial charge in [-0.2, -0.15) is 0 Å². The number of rotatable bonds is 4. The van der Waals surface area contributed by atoms with Crippen molar-refractivity contribution in [1.29, 1.82) is 0 Å². The van der Waals surface area contributed by atoms with Gasteiger partial charge in [0.05, 0.1) is 34.9 Å². The second-order valence-electron chi connectivity index (χ2n) is 5.77. The van der Waals surface area contributed by atoms with Crippen molar-refractivity contribution in [3.05, 3.63) is 23.3 Å². The van der Waals surface area contributed by atoms with E-state index < -0.39 is 0 Å². The summed E-state index contributed by atoms with van der Waals surface area (Å²) in [4.78, 5) is 11.7. The average molecular weight is 294 g/mol. The molecule has 0 fully saturated rings. The molecule has 0 aliphatic carbocycles. The van der Waals surface area contributed by atoms with E-state index in [1.807, 2.05) is 12.1 Å². The van der Waals surface area contributed by atoms with Crippen LogP contribution in [0.1, 0.15) is 24.1 Å². The molecule has 1 unspecified atom stereocenters. The van der Waals surface area contributed by atoms with Gasteiger partial charge in [-0.3, -0.25) is 0 Å². The fourth-order valence-electron chi connectivity index (χ4n) is 3.02. The lowest BCUT2D eigenvalue weighted by Gasteiger charge is -2.43. The van der Waals surface area contributed by atoms with E-state index in [2.05, 4.69) is 14.0 Å². The summed E-state index contributed by atoms with van der Waals surface area (Å²) in [7, 11) is 6.82. The fraction of sp³-hybridized carbons (Fsp3) is 0.562. The molecule has 0 saturated heterocycles. The minimum atomic E-state index is -0.173. The largest absolute Gasteiger partial charge is 0.493 e. The third-order valence-corrected chi connectivity index (χ3v) is 4.64. The number of esters is 1. The first-order chi connectivity index (χ1) is 9.95. The predicted octanol–water partition coefficient (Wildman–Crippen LogP) is 1.94. The quantitative estimate of drug-likeness (QED) is 0.629. The van der Waals surface area contributed by atoms with Crippen LogP contribution in [0, 0.1) is 0 Å². The number of benzene rings is 1. The molecular weight excluding hydrogens is 270 g/mol. The van der Waals surface area contributed by atoms with Crippen LogP contribution in [0.5, 0.6) is 11.5 Å². The Morgan fingerprint density at radius 2 is 1.86 bits per heavy atom. The Bertz CT molecular complexity index is 543. The first-order valence-electron chi connectivity index (χ1n) is 7.11. The molecule has 2 rings (SSSR count). The van der Waals surface area contributed by atoms with Gasteiger partial charge in [-0.1, -0.05) is 0 Å². The molecule has 5 heteroatoms. The summed E-state index contributed by atoms with van der Waals surface area (Å²) in [6.45, 7) is 3.43. The van der Waals surface area contributed by atoms with Crippen molar-refractivity contribution in [3.63, 3.8) is 0 Å². The number of carbonyl (C=O) groups excluding carboxylic acids is 1. The smallest absolute Gasteiger partial charge is 0.361 e. The number of fused-ring (bicyclic) bond motifs is 1. The molecule has 21 heavy (non-hydrogen) atoms. The highest BCUT2D eigenvalue weighted by atomic mass is 16.5. The number of quaternary nitrogens is 1. The minimum absolute atomic E-state index is 0.173. The Hall–Kier alpha value is -1.75. The lowest BCUT2D eigenvalue weighted by atomic mass is 9.91. The van der Waals surface area contributed by atoms with Crippen molar-refractivity contribution >= 4 is 5.97 Å². The predicted molar refractivity (Wildman–Crippen MR) is 79.6 cm³/mol. The lowest BCUT2D eigenvalue weighted by molar-refractivity contribution is -0.932. The molecule has 1 heterocycles. The van der Waals surface area contributed by atoms with E-state index >= 15 is 0 Å². The second kappa shape index (κ2) is 5.93. The summed E-state index contributed by atoms with van der Waals surface area (Å²) in [6.07, 6.45) is 0.910. The summed E-state index contributed by atoms with van der Waals surface area (Å²) < 4.78 is 16.2. The van der Waals surface area contributed by atoms with Crippen LogP contribution < -0.4 is 9.47 Å². The number of nitrogens with zero attached hydrogens (tertiary/aromatic N) is 1. The number of carbonyl (C=O) groups is 1. The van der Waals surface area contributed by atoms with Crippen molar-refractivity contribution in [3.8, 4) is 11.5 Å². The Kier molecular flexibility index (Phi) is 4.42. The van der Waals surface area contributed by atoms with Gasteiger partial charge in [-0.05, 0) is 24.6 Å². The van der Waals surface area contributed by atoms with Crippen molar-refractivity contribution in [2.45, 2.75) is 19.4 Å². The molecule has 1 aliphatic rings. The Balaban J connectivity index is 2.38. The molecule has 2 atom stereocenters. The normalized spacial score (nSPS) is 24.1. The topological polar surface area (TPSA) is 44.8 Å². The molecule has 5 nitrogen and oxygen atoms in total. The molecule has 0 aromatic heterocycles. The van der Waals surface area contributed by atoms with E-state index in [0.717, 1.165) is 24.5 Å². The van der Waals surface area contributed by atoms with Gasteiger partial charge in [0, 0.05) is 12.0 Å². The molecular formula is C16H24NO4+. The summed E-state index contributed by atoms with van der Waals surface area (Å²) in [5.41, 5.74) is 2.48. The van der Waals surface area contributed by atoms with E-state index in [1.165, 1.54) is 18.2 Å². The minimum Gasteiger partial charge on any atom is -0.493 e. The molecule has 0 amide bonds. The number of hydrogen-bond acceptors (Lipinski definition) is 4. The zero-order valence-corrected chi connectivity index (χ0v) is 13.4. The van der Waals surface area contributed by atoms with E-state index in [0.29, 0.717) is 11.0 Å². The molecule has 1 aromatic rings. The third kappa shape index (κ3) is 2.83. The maximum Gasteiger partial charge on any atom is 0.361 e. The Labute approximate surface area is 126 Å². The van der Waals surface area contributed by atoms with Gasteiger partial charge in [0.2, 0.25) is 0 Å². The highest BCUT2D eigenvalue weighted by molar-refractivity contribution is 5.70. The third-order valence-electron chi connectivity index (χ3n) is 4.64. The Morgan fingerprint density at radius 1 is 1.24 bits per heavy atom. The fourth-order valence-corrected chi connectivity index (χ4v) is 3.02. The highest BCUT2D eigenvalue weighted by Gasteiger charge is 2.38. The summed E-state index contributed by atoms with van der Waals surface area (Å²) in [5.74, 6) is 1.32. The molecule has 1 aromatic carbocycles. The zero-order valence-electron chi connectivity index (χ0n) is 13.4. The molecule has 0 bridgehead atoms. The molecule has 0 spiro atoms.